The van der Waals surface area contributed by atoms with Crippen LogP contribution in [0.5, 0.6) is 0 Å². The third-order valence-electron chi connectivity index (χ3n) is 2.81. The molecule has 0 unspecified atom stereocenters. The van der Waals surface area contributed by atoms with Crippen LogP contribution in [-0.4, -0.2) is 24.5 Å². The van der Waals surface area contributed by atoms with E-state index >= 15 is 0 Å². The smallest absolute Gasteiger partial charge is 0.163 e. The van der Waals surface area contributed by atoms with Crippen LogP contribution in [0.2, 0.25) is 0 Å². The van der Waals surface area contributed by atoms with E-state index in [0.717, 1.165) is 12.8 Å². The van der Waals surface area contributed by atoms with Crippen molar-refractivity contribution in [3.8, 4) is 0 Å². The summed E-state index contributed by atoms with van der Waals surface area (Å²) in [5, 5.41) is 0. The Morgan fingerprint density at radius 3 is 2.33 bits per heavy atom. The number of rotatable bonds is 2. The molecule has 1 aliphatic heterocycles. The van der Waals surface area contributed by atoms with Crippen molar-refractivity contribution in [2.24, 2.45) is 11.1 Å². The summed E-state index contributed by atoms with van der Waals surface area (Å²) in [5.74, 6) is -0.476. The Balaban J connectivity index is 2.68. The maximum atomic E-state index is 5.95. The summed E-state index contributed by atoms with van der Waals surface area (Å²) in [5.41, 5.74) is 5.74. The lowest BCUT2D eigenvalue weighted by molar-refractivity contribution is -0.315. The van der Waals surface area contributed by atoms with Crippen LogP contribution < -0.4 is 5.73 Å². The molecule has 0 aromatic heterocycles. The standard InChI is InChI=1S/C12H25NO2/c1-11(2,3)10-8-9(6-7-13)14-12(4,5)15-10/h9-10H,6-8,13H2,1-5H3/t9-,10-/m0/s1. The van der Waals surface area contributed by atoms with E-state index in [1.165, 1.54) is 0 Å². The van der Waals surface area contributed by atoms with Crippen LogP contribution in [0.1, 0.15) is 47.5 Å². The van der Waals surface area contributed by atoms with E-state index in [2.05, 4.69) is 20.8 Å². The Hall–Kier alpha value is -0.120. The Kier molecular flexibility index (Phi) is 3.80. The molecule has 3 nitrogen and oxygen atoms in total. The maximum Gasteiger partial charge on any atom is 0.163 e. The van der Waals surface area contributed by atoms with E-state index in [1.807, 2.05) is 13.8 Å². The average Bonchev–Trinajstić information content (AvgIpc) is 1.99. The molecule has 0 aromatic carbocycles. The predicted octanol–water partition coefficient (Wildman–Crippen LogP) is 2.29. The van der Waals surface area contributed by atoms with Gasteiger partial charge in [0, 0.05) is 6.42 Å². The highest BCUT2D eigenvalue weighted by molar-refractivity contribution is 4.84. The monoisotopic (exact) mass is 215 g/mol. The van der Waals surface area contributed by atoms with Gasteiger partial charge in [-0.05, 0) is 32.2 Å². The molecule has 0 aromatic rings. The van der Waals surface area contributed by atoms with Gasteiger partial charge in [-0.15, -0.1) is 0 Å². The topological polar surface area (TPSA) is 44.5 Å². The first-order chi connectivity index (χ1) is 6.74. The quantitative estimate of drug-likeness (QED) is 0.768. The Bertz CT molecular complexity index is 208. The van der Waals surface area contributed by atoms with Crippen LogP contribution >= 0.6 is 0 Å². The lowest BCUT2D eigenvalue weighted by atomic mass is 9.84. The highest BCUT2D eigenvalue weighted by atomic mass is 16.7. The van der Waals surface area contributed by atoms with Gasteiger partial charge in [-0.1, -0.05) is 20.8 Å². The fourth-order valence-electron chi connectivity index (χ4n) is 2.00. The fraction of sp³-hybridized carbons (Fsp3) is 1.00. The molecule has 0 spiro atoms. The maximum absolute atomic E-state index is 5.95. The molecule has 0 bridgehead atoms. The van der Waals surface area contributed by atoms with Crippen molar-refractivity contribution < 1.29 is 9.47 Å². The normalized spacial score (nSPS) is 31.6. The zero-order chi connectivity index (χ0) is 11.7. The fourth-order valence-corrected chi connectivity index (χ4v) is 2.00. The van der Waals surface area contributed by atoms with Crippen molar-refractivity contribution in [2.75, 3.05) is 6.54 Å². The van der Waals surface area contributed by atoms with Gasteiger partial charge in [-0.2, -0.15) is 0 Å². The minimum atomic E-state index is -0.476. The minimum absolute atomic E-state index is 0.161. The van der Waals surface area contributed by atoms with Crippen molar-refractivity contribution in [3.63, 3.8) is 0 Å². The van der Waals surface area contributed by atoms with Gasteiger partial charge in [0.15, 0.2) is 5.79 Å². The molecule has 0 aliphatic carbocycles. The molecule has 3 heteroatoms. The largest absolute Gasteiger partial charge is 0.347 e. The molecule has 0 radical (unpaired) electrons. The summed E-state index contributed by atoms with van der Waals surface area (Å²) < 4.78 is 11.8. The van der Waals surface area contributed by atoms with E-state index in [9.17, 15) is 0 Å². The first-order valence-electron chi connectivity index (χ1n) is 5.80. The number of ether oxygens (including phenoxy) is 2. The first-order valence-corrected chi connectivity index (χ1v) is 5.80. The lowest BCUT2D eigenvalue weighted by Gasteiger charge is -2.45. The van der Waals surface area contributed by atoms with E-state index in [1.54, 1.807) is 0 Å². The first kappa shape index (κ1) is 12.9. The summed E-state index contributed by atoms with van der Waals surface area (Å²) in [6.45, 7) is 11.3. The van der Waals surface area contributed by atoms with Crippen molar-refractivity contribution in [3.05, 3.63) is 0 Å². The summed E-state index contributed by atoms with van der Waals surface area (Å²) in [4.78, 5) is 0. The molecule has 2 atom stereocenters. The molecule has 0 saturated carbocycles. The molecule has 0 amide bonds. The number of hydrogen-bond donors (Lipinski definition) is 1. The lowest BCUT2D eigenvalue weighted by Crippen LogP contribution is -2.49. The SMILES string of the molecule is CC1(C)O[C@@H](CCN)C[C@@H](C(C)(C)C)O1. The van der Waals surface area contributed by atoms with Gasteiger partial charge in [0.25, 0.3) is 0 Å². The van der Waals surface area contributed by atoms with Crippen LogP contribution in [0.3, 0.4) is 0 Å². The van der Waals surface area contributed by atoms with Crippen LogP contribution in [0.25, 0.3) is 0 Å². The van der Waals surface area contributed by atoms with Gasteiger partial charge >= 0.3 is 0 Å². The van der Waals surface area contributed by atoms with E-state index < -0.39 is 5.79 Å². The second-order valence-corrected chi connectivity index (χ2v) is 5.93. The van der Waals surface area contributed by atoms with Crippen LogP contribution in [-0.2, 0) is 9.47 Å². The van der Waals surface area contributed by atoms with Gasteiger partial charge in [0.1, 0.15) is 0 Å². The molecule has 1 heterocycles. The molecule has 1 aliphatic rings. The summed E-state index contributed by atoms with van der Waals surface area (Å²) in [6.07, 6.45) is 2.35. The van der Waals surface area contributed by atoms with Crippen molar-refractivity contribution in [2.45, 2.75) is 65.5 Å². The summed E-state index contributed by atoms with van der Waals surface area (Å²) in [7, 11) is 0. The van der Waals surface area contributed by atoms with Crippen molar-refractivity contribution in [1.29, 1.82) is 0 Å². The van der Waals surface area contributed by atoms with Gasteiger partial charge in [-0.25, -0.2) is 0 Å². The van der Waals surface area contributed by atoms with Crippen molar-refractivity contribution in [1.82, 2.24) is 0 Å². The van der Waals surface area contributed by atoms with Crippen LogP contribution in [0.4, 0.5) is 0 Å². The van der Waals surface area contributed by atoms with E-state index in [-0.39, 0.29) is 17.6 Å². The molecule has 15 heavy (non-hydrogen) atoms. The number of nitrogens with two attached hydrogens (primary N) is 1. The summed E-state index contributed by atoms with van der Waals surface area (Å²) >= 11 is 0. The van der Waals surface area contributed by atoms with E-state index in [0.29, 0.717) is 6.54 Å². The van der Waals surface area contributed by atoms with Gasteiger partial charge in [0.05, 0.1) is 12.2 Å². The molecular weight excluding hydrogens is 190 g/mol. The third-order valence-corrected chi connectivity index (χ3v) is 2.81. The predicted molar refractivity (Wildman–Crippen MR) is 61.6 cm³/mol. The van der Waals surface area contributed by atoms with Gasteiger partial charge in [0.2, 0.25) is 0 Å². The summed E-state index contributed by atoms with van der Waals surface area (Å²) in [6, 6.07) is 0. The second-order valence-electron chi connectivity index (χ2n) is 5.93. The van der Waals surface area contributed by atoms with Crippen LogP contribution in [0.15, 0.2) is 0 Å². The van der Waals surface area contributed by atoms with E-state index in [4.69, 9.17) is 15.2 Å². The molecule has 1 saturated heterocycles. The molecule has 2 N–H and O–H groups in total. The van der Waals surface area contributed by atoms with Crippen LogP contribution in [0, 0.1) is 5.41 Å². The second kappa shape index (κ2) is 4.40. The molecule has 1 rings (SSSR count). The highest BCUT2D eigenvalue weighted by Crippen LogP contribution is 2.36. The number of hydrogen-bond acceptors (Lipinski definition) is 3. The zero-order valence-corrected chi connectivity index (χ0v) is 10.7. The molecule has 90 valence electrons. The highest BCUT2D eigenvalue weighted by Gasteiger charge is 2.40. The van der Waals surface area contributed by atoms with Gasteiger partial charge < -0.3 is 15.2 Å². The zero-order valence-electron chi connectivity index (χ0n) is 10.7. The molecule has 1 fully saturated rings. The van der Waals surface area contributed by atoms with Gasteiger partial charge in [-0.3, -0.25) is 0 Å². The minimum Gasteiger partial charge on any atom is -0.347 e. The Morgan fingerprint density at radius 2 is 1.87 bits per heavy atom. The third kappa shape index (κ3) is 3.74. The molecular formula is C12H25NO2. The average molecular weight is 215 g/mol. The van der Waals surface area contributed by atoms with Crippen molar-refractivity contribution >= 4 is 0 Å². The Morgan fingerprint density at radius 1 is 1.27 bits per heavy atom. The Labute approximate surface area is 93.3 Å².